The summed E-state index contributed by atoms with van der Waals surface area (Å²) in [5.41, 5.74) is 6.61. The number of nitrogens with two attached hydrogens (primary N) is 1. The van der Waals surface area contributed by atoms with Crippen molar-refractivity contribution >= 4 is 15.9 Å². The van der Waals surface area contributed by atoms with Crippen LogP contribution in [0.5, 0.6) is 0 Å². The van der Waals surface area contributed by atoms with Crippen LogP contribution < -0.4 is 5.73 Å². The zero-order valence-electron chi connectivity index (χ0n) is 11.5. The largest absolute Gasteiger partial charge is 0.389 e. The molecule has 0 radical (unpaired) electrons. The van der Waals surface area contributed by atoms with E-state index in [9.17, 15) is 5.11 Å². The lowest BCUT2D eigenvalue weighted by atomic mass is 9.99. The molecule has 0 heterocycles. The Hall–Kier alpha value is -0.420. The minimum absolute atomic E-state index is 0.155. The van der Waals surface area contributed by atoms with Crippen LogP contribution in [0.2, 0.25) is 0 Å². The molecule has 1 aromatic carbocycles. The smallest absolute Gasteiger partial charge is 0.0774 e. The molecular weight excluding hydrogens is 304 g/mol. The fourth-order valence-corrected chi connectivity index (χ4v) is 3.47. The second-order valence-electron chi connectivity index (χ2n) is 5.65. The lowest BCUT2D eigenvalue weighted by Gasteiger charge is -2.34. The molecule has 1 aromatic rings. The molecule has 0 saturated heterocycles. The van der Waals surface area contributed by atoms with Crippen molar-refractivity contribution in [2.24, 2.45) is 5.73 Å². The van der Waals surface area contributed by atoms with E-state index in [1.807, 2.05) is 12.1 Å². The van der Waals surface area contributed by atoms with Crippen molar-refractivity contribution in [3.63, 3.8) is 0 Å². The Morgan fingerprint density at radius 2 is 2.11 bits per heavy atom. The van der Waals surface area contributed by atoms with E-state index in [1.54, 1.807) is 0 Å². The summed E-state index contributed by atoms with van der Waals surface area (Å²) in [6.07, 6.45) is 4.09. The van der Waals surface area contributed by atoms with Crippen LogP contribution in [0.25, 0.3) is 0 Å². The molecule has 19 heavy (non-hydrogen) atoms. The summed E-state index contributed by atoms with van der Waals surface area (Å²) in [5, 5.41) is 10.5. The van der Waals surface area contributed by atoms with E-state index in [0.717, 1.165) is 30.2 Å². The average Bonchev–Trinajstić information content (AvgIpc) is 2.76. The first-order valence-electron chi connectivity index (χ1n) is 6.92. The first-order valence-corrected chi connectivity index (χ1v) is 7.71. The normalized spacial score (nSPS) is 19.8. The van der Waals surface area contributed by atoms with Gasteiger partial charge in [-0.05, 0) is 37.6 Å². The molecule has 106 valence electrons. The molecule has 0 bridgehead atoms. The monoisotopic (exact) mass is 326 g/mol. The van der Waals surface area contributed by atoms with Crippen molar-refractivity contribution in [1.82, 2.24) is 4.90 Å². The van der Waals surface area contributed by atoms with Gasteiger partial charge in [-0.1, -0.05) is 40.9 Å². The zero-order valence-corrected chi connectivity index (χ0v) is 13.1. The number of benzene rings is 1. The minimum Gasteiger partial charge on any atom is -0.389 e. The van der Waals surface area contributed by atoms with Gasteiger partial charge in [-0.15, -0.1) is 0 Å². The van der Waals surface area contributed by atoms with Crippen LogP contribution in [-0.4, -0.2) is 35.7 Å². The fraction of sp³-hybridized carbons (Fsp3) is 0.600. The highest BCUT2D eigenvalue weighted by atomic mass is 79.9. The van der Waals surface area contributed by atoms with Gasteiger partial charge in [0.2, 0.25) is 0 Å². The lowest BCUT2D eigenvalue weighted by molar-refractivity contribution is 0.00592. The van der Waals surface area contributed by atoms with E-state index in [2.05, 4.69) is 40.0 Å². The van der Waals surface area contributed by atoms with Gasteiger partial charge in [-0.25, -0.2) is 0 Å². The third kappa shape index (κ3) is 3.78. The van der Waals surface area contributed by atoms with Crippen molar-refractivity contribution < 1.29 is 5.11 Å². The highest BCUT2D eigenvalue weighted by Gasteiger charge is 2.33. The molecule has 1 aliphatic rings. The number of likely N-dealkylation sites (N-methyl/N-ethyl adjacent to an activating group) is 1. The van der Waals surface area contributed by atoms with Gasteiger partial charge >= 0.3 is 0 Å². The fourth-order valence-electron chi connectivity index (χ4n) is 3.05. The van der Waals surface area contributed by atoms with Gasteiger partial charge in [0.05, 0.1) is 5.60 Å². The molecule has 0 aromatic heterocycles. The Bertz CT molecular complexity index is 418. The maximum atomic E-state index is 10.5. The predicted octanol–water partition coefficient (Wildman–Crippen LogP) is 2.69. The Morgan fingerprint density at radius 3 is 2.68 bits per heavy atom. The van der Waals surface area contributed by atoms with Gasteiger partial charge in [0.1, 0.15) is 0 Å². The van der Waals surface area contributed by atoms with Crippen LogP contribution in [0.1, 0.15) is 37.3 Å². The summed E-state index contributed by atoms with van der Waals surface area (Å²) in [6, 6.07) is 8.40. The Labute approximate surface area is 123 Å². The number of hydrogen-bond acceptors (Lipinski definition) is 3. The predicted molar refractivity (Wildman–Crippen MR) is 82.0 cm³/mol. The Morgan fingerprint density at radius 1 is 1.42 bits per heavy atom. The van der Waals surface area contributed by atoms with E-state index in [0.29, 0.717) is 13.1 Å². The van der Waals surface area contributed by atoms with Gasteiger partial charge < -0.3 is 10.8 Å². The van der Waals surface area contributed by atoms with Gasteiger partial charge in [0, 0.05) is 23.6 Å². The molecule has 0 spiro atoms. The molecular formula is C15H23BrN2O. The number of rotatable bonds is 5. The van der Waals surface area contributed by atoms with Crippen molar-refractivity contribution in [3.8, 4) is 0 Å². The van der Waals surface area contributed by atoms with E-state index in [-0.39, 0.29) is 6.04 Å². The molecule has 3 nitrogen and oxygen atoms in total. The van der Waals surface area contributed by atoms with Gasteiger partial charge in [-0.2, -0.15) is 0 Å². The maximum Gasteiger partial charge on any atom is 0.0774 e. The van der Waals surface area contributed by atoms with Crippen LogP contribution in [0.3, 0.4) is 0 Å². The standard InChI is InChI=1S/C15H23BrN2O/c1-18(11-15(19)7-2-3-8-15)14(10-17)12-5-4-6-13(16)9-12/h4-6,9,14,19H,2-3,7-8,10-11,17H2,1H3. The van der Waals surface area contributed by atoms with Gasteiger partial charge in [0.25, 0.3) is 0 Å². The second-order valence-corrected chi connectivity index (χ2v) is 6.57. The van der Waals surface area contributed by atoms with Crippen LogP contribution in [0.4, 0.5) is 0 Å². The molecule has 1 saturated carbocycles. The number of aliphatic hydroxyl groups is 1. The molecule has 3 N–H and O–H groups in total. The molecule has 1 unspecified atom stereocenters. The lowest BCUT2D eigenvalue weighted by Crippen LogP contribution is -2.42. The maximum absolute atomic E-state index is 10.5. The first-order chi connectivity index (χ1) is 9.04. The average molecular weight is 327 g/mol. The van der Waals surface area contributed by atoms with Crippen LogP contribution in [-0.2, 0) is 0 Å². The Kier molecular flexibility index (Phi) is 5.01. The number of hydrogen-bond donors (Lipinski definition) is 2. The summed E-state index contributed by atoms with van der Waals surface area (Å²) >= 11 is 3.50. The SMILES string of the molecule is CN(CC1(O)CCCC1)C(CN)c1cccc(Br)c1. The van der Waals surface area contributed by atoms with E-state index >= 15 is 0 Å². The highest BCUT2D eigenvalue weighted by molar-refractivity contribution is 9.10. The van der Waals surface area contributed by atoms with Crippen molar-refractivity contribution in [2.45, 2.75) is 37.3 Å². The third-order valence-corrected chi connectivity index (χ3v) is 4.56. The molecule has 0 amide bonds. The molecule has 1 atom stereocenters. The molecule has 1 fully saturated rings. The molecule has 1 aliphatic carbocycles. The summed E-state index contributed by atoms with van der Waals surface area (Å²) in [6.45, 7) is 1.25. The van der Waals surface area contributed by atoms with Crippen LogP contribution in [0.15, 0.2) is 28.7 Å². The van der Waals surface area contributed by atoms with Crippen LogP contribution >= 0.6 is 15.9 Å². The number of nitrogens with zero attached hydrogens (tertiary/aromatic N) is 1. The Balaban J connectivity index is 2.08. The summed E-state index contributed by atoms with van der Waals surface area (Å²) in [5.74, 6) is 0. The molecule has 2 rings (SSSR count). The van der Waals surface area contributed by atoms with Crippen molar-refractivity contribution in [3.05, 3.63) is 34.3 Å². The topological polar surface area (TPSA) is 49.5 Å². The molecule has 4 heteroatoms. The summed E-state index contributed by atoms with van der Waals surface area (Å²) in [7, 11) is 2.05. The number of halogens is 1. The second kappa shape index (κ2) is 6.35. The minimum atomic E-state index is -0.520. The third-order valence-electron chi connectivity index (χ3n) is 4.07. The van der Waals surface area contributed by atoms with E-state index < -0.39 is 5.60 Å². The van der Waals surface area contributed by atoms with E-state index in [1.165, 1.54) is 5.56 Å². The molecule has 0 aliphatic heterocycles. The van der Waals surface area contributed by atoms with Crippen LogP contribution in [0, 0.1) is 0 Å². The van der Waals surface area contributed by atoms with E-state index in [4.69, 9.17) is 5.73 Å². The highest BCUT2D eigenvalue weighted by Crippen LogP contribution is 2.32. The van der Waals surface area contributed by atoms with Gasteiger partial charge in [0.15, 0.2) is 0 Å². The summed E-state index contributed by atoms with van der Waals surface area (Å²) < 4.78 is 1.07. The zero-order chi connectivity index (χ0) is 13.9. The van der Waals surface area contributed by atoms with Crippen molar-refractivity contribution in [1.29, 1.82) is 0 Å². The summed E-state index contributed by atoms with van der Waals surface area (Å²) in [4.78, 5) is 2.19. The quantitative estimate of drug-likeness (QED) is 0.874. The first kappa shape index (κ1) is 15.0. The van der Waals surface area contributed by atoms with Gasteiger partial charge in [-0.3, -0.25) is 4.90 Å². The van der Waals surface area contributed by atoms with Crippen molar-refractivity contribution in [2.75, 3.05) is 20.1 Å².